The lowest BCUT2D eigenvalue weighted by atomic mass is 10.00. The lowest BCUT2D eigenvalue weighted by Gasteiger charge is -2.21. The number of aliphatic hydroxyl groups is 1. The van der Waals surface area contributed by atoms with Crippen molar-refractivity contribution >= 4 is 39.5 Å². The van der Waals surface area contributed by atoms with E-state index in [-0.39, 0.29) is 25.7 Å². The second-order valence-electron chi connectivity index (χ2n) is 23.5. The van der Waals surface area contributed by atoms with Crippen LogP contribution in [-0.2, 0) is 65.4 Å². The van der Waals surface area contributed by atoms with Gasteiger partial charge in [-0.25, -0.2) is 9.13 Å². The maximum atomic E-state index is 12.9. The first-order chi connectivity index (χ1) is 38.2. The molecule has 0 heterocycles. The lowest BCUT2D eigenvalue weighted by molar-refractivity contribution is -0.161. The second kappa shape index (κ2) is 51.5. The number of hydrogen-bond donors (Lipinski definition) is 3. The highest BCUT2D eigenvalue weighted by atomic mass is 31.2. The topological polar surface area (TPSA) is 237 Å². The monoisotopic (exact) mass is 1180 g/mol. The number of phosphoric acid groups is 2. The highest BCUT2D eigenvalue weighted by Gasteiger charge is 2.30. The van der Waals surface area contributed by atoms with Crippen LogP contribution in [0.2, 0.25) is 0 Å². The molecule has 0 aromatic carbocycles. The molecule has 17 nitrogen and oxygen atoms in total. The van der Waals surface area contributed by atoms with Gasteiger partial charge in [0.2, 0.25) is 0 Å². The van der Waals surface area contributed by atoms with Crippen LogP contribution in [-0.4, -0.2) is 96.7 Å². The summed E-state index contributed by atoms with van der Waals surface area (Å²) in [6, 6.07) is 0. The van der Waals surface area contributed by atoms with Crippen molar-refractivity contribution in [3.05, 3.63) is 0 Å². The Kier molecular flexibility index (Phi) is 50.2. The molecular weight excluding hydrogens is 1070 g/mol. The van der Waals surface area contributed by atoms with Crippen LogP contribution in [0.5, 0.6) is 0 Å². The highest BCUT2D eigenvalue weighted by molar-refractivity contribution is 7.47. The summed E-state index contributed by atoms with van der Waals surface area (Å²) in [4.78, 5) is 72.0. The van der Waals surface area contributed by atoms with Crippen molar-refractivity contribution < 1.29 is 80.2 Å². The average Bonchev–Trinajstić information content (AvgIpc) is 3.41. The molecule has 7 atom stereocenters. The van der Waals surface area contributed by atoms with Gasteiger partial charge in [0, 0.05) is 25.7 Å². The number of unbranched alkanes of at least 4 members (excludes halogenated alkanes) is 22. The second-order valence-corrected chi connectivity index (χ2v) is 26.4. The Balaban J connectivity index is 5.25. The van der Waals surface area contributed by atoms with Gasteiger partial charge in [-0.3, -0.25) is 37.3 Å². The molecular formula is C61H118O17P2. The minimum atomic E-state index is -4.94. The number of ether oxygens (including phenoxy) is 4. The summed E-state index contributed by atoms with van der Waals surface area (Å²) in [6.07, 6.45) is 29.6. The van der Waals surface area contributed by atoms with Gasteiger partial charge in [0.05, 0.1) is 26.4 Å². The molecule has 0 aliphatic heterocycles. The standard InChI is InChI=1S/C61H118O17P2/c1-9-53(7)39-31-23-16-19-26-34-42-59(64)72-48-57(77-60(65)43-35-27-18-15-22-30-38-52(5)6)50-76-80(69,70)74-46-55(62)45-73-79(67,68)75-49-56(78-61(66)44-36-28-20-17-24-32-40-54(8)10-2)47-71-58(63)41-33-25-14-12-11-13-21-29-37-51(3)4/h51-57,62H,9-50H2,1-8H3,(H,67,68)(H,69,70)/t53?,54?,55?,56-,57-/m1/s1. The SMILES string of the molecule is CCC(C)CCCCCCCCC(=O)OC[C@H](COP(=O)(O)OCC(O)COP(=O)(O)OC[C@@H](COC(=O)CCCCCCCCCCC(C)C)OC(=O)CCCCCCCCC(C)CC)OC(=O)CCCCCCCCC(C)C. The van der Waals surface area contributed by atoms with E-state index < -0.39 is 97.5 Å². The number of carbonyl (C=O) groups excluding carboxylic acids is 4. The average molecular weight is 1190 g/mol. The van der Waals surface area contributed by atoms with Gasteiger partial charge < -0.3 is 33.8 Å². The van der Waals surface area contributed by atoms with Gasteiger partial charge in [-0.05, 0) is 49.4 Å². The Labute approximate surface area is 486 Å². The van der Waals surface area contributed by atoms with Crippen molar-refractivity contribution in [1.29, 1.82) is 0 Å². The number of esters is 4. The molecule has 0 aliphatic rings. The first-order valence-electron chi connectivity index (χ1n) is 31.8. The van der Waals surface area contributed by atoms with E-state index in [4.69, 9.17) is 37.0 Å². The zero-order valence-electron chi connectivity index (χ0n) is 51.7. The summed E-state index contributed by atoms with van der Waals surface area (Å²) in [5.41, 5.74) is 0. The van der Waals surface area contributed by atoms with E-state index in [2.05, 4.69) is 55.4 Å². The fourth-order valence-corrected chi connectivity index (χ4v) is 10.4. The molecule has 0 aliphatic carbocycles. The maximum absolute atomic E-state index is 12.9. The Morgan fingerprint density at radius 2 is 0.600 bits per heavy atom. The molecule has 19 heteroatoms. The molecule has 3 N–H and O–H groups in total. The summed E-state index contributed by atoms with van der Waals surface area (Å²) in [5, 5.41) is 10.5. The minimum Gasteiger partial charge on any atom is -0.462 e. The van der Waals surface area contributed by atoms with Crippen LogP contribution in [0.3, 0.4) is 0 Å². The first-order valence-corrected chi connectivity index (χ1v) is 34.8. The van der Waals surface area contributed by atoms with Gasteiger partial charge in [0.25, 0.3) is 0 Å². The molecule has 0 amide bonds. The lowest BCUT2D eigenvalue weighted by Crippen LogP contribution is -2.30. The fourth-order valence-electron chi connectivity index (χ4n) is 8.83. The Morgan fingerprint density at radius 3 is 0.887 bits per heavy atom. The van der Waals surface area contributed by atoms with E-state index in [1.54, 1.807) is 0 Å². The number of phosphoric ester groups is 2. The van der Waals surface area contributed by atoms with Gasteiger partial charge >= 0.3 is 39.5 Å². The molecule has 0 spiro atoms. The van der Waals surface area contributed by atoms with E-state index in [0.29, 0.717) is 31.6 Å². The highest BCUT2D eigenvalue weighted by Crippen LogP contribution is 2.45. The third-order valence-electron chi connectivity index (χ3n) is 14.5. The molecule has 0 saturated heterocycles. The van der Waals surface area contributed by atoms with Crippen molar-refractivity contribution in [2.75, 3.05) is 39.6 Å². The maximum Gasteiger partial charge on any atom is 0.472 e. The third kappa shape index (κ3) is 52.8. The largest absolute Gasteiger partial charge is 0.472 e. The zero-order valence-corrected chi connectivity index (χ0v) is 53.5. The normalized spacial score (nSPS) is 15.2. The summed E-state index contributed by atoms with van der Waals surface area (Å²) < 4.78 is 67.8. The van der Waals surface area contributed by atoms with Crippen LogP contribution in [0.4, 0.5) is 0 Å². The van der Waals surface area contributed by atoms with Crippen LogP contribution < -0.4 is 0 Å². The first kappa shape index (κ1) is 78.1. The molecule has 0 radical (unpaired) electrons. The van der Waals surface area contributed by atoms with E-state index >= 15 is 0 Å². The quantitative estimate of drug-likeness (QED) is 0.0222. The summed E-state index contributed by atoms with van der Waals surface area (Å²) in [7, 11) is -9.88. The smallest absolute Gasteiger partial charge is 0.462 e. The van der Waals surface area contributed by atoms with Gasteiger partial charge in [0.15, 0.2) is 12.2 Å². The molecule has 5 unspecified atom stereocenters. The Morgan fingerprint density at radius 1 is 0.350 bits per heavy atom. The van der Waals surface area contributed by atoms with Crippen molar-refractivity contribution in [3.63, 3.8) is 0 Å². The van der Waals surface area contributed by atoms with Crippen molar-refractivity contribution in [2.45, 2.75) is 305 Å². The molecule has 0 aromatic rings. The number of aliphatic hydroxyl groups excluding tert-OH is 1. The zero-order chi connectivity index (χ0) is 59.7. The van der Waals surface area contributed by atoms with Crippen molar-refractivity contribution in [3.8, 4) is 0 Å². The van der Waals surface area contributed by atoms with E-state index in [9.17, 15) is 43.2 Å². The van der Waals surface area contributed by atoms with Crippen molar-refractivity contribution in [2.24, 2.45) is 23.7 Å². The minimum absolute atomic E-state index is 0.100. The number of hydrogen-bond acceptors (Lipinski definition) is 15. The molecule has 0 saturated carbocycles. The van der Waals surface area contributed by atoms with E-state index in [1.807, 2.05) is 0 Å². The van der Waals surface area contributed by atoms with Crippen LogP contribution in [0.1, 0.15) is 287 Å². The molecule has 0 aromatic heterocycles. The summed E-state index contributed by atoms with van der Waals surface area (Å²) in [5.74, 6) is 0.696. The fraction of sp³-hybridized carbons (Fsp3) is 0.934. The third-order valence-corrected chi connectivity index (χ3v) is 16.4. The van der Waals surface area contributed by atoms with Crippen LogP contribution in [0, 0.1) is 23.7 Å². The molecule has 474 valence electrons. The van der Waals surface area contributed by atoms with Gasteiger partial charge in [-0.1, -0.05) is 235 Å². The van der Waals surface area contributed by atoms with Crippen molar-refractivity contribution in [1.82, 2.24) is 0 Å². The molecule has 80 heavy (non-hydrogen) atoms. The van der Waals surface area contributed by atoms with Gasteiger partial charge in [-0.15, -0.1) is 0 Å². The van der Waals surface area contributed by atoms with Crippen LogP contribution in [0.25, 0.3) is 0 Å². The molecule has 0 fully saturated rings. The van der Waals surface area contributed by atoms with Crippen LogP contribution >= 0.6 is 15.6 Å². The van der Waals surface area contributed by atoms with Crippen LogP contribution in [0.15, 0.2) is 0 Å². The molecule has 0 bridgehead atoms. The Hall–Kier alpha value is -1.94. The predicted octanol–water partition coefficient (Wildman–Crippen LogP) is 16.2. The van der Waals surface area contributed by atoms with Gasteiger partial charge in [-0.2, -0.15) is 0 Å². The summed E-state index contributed by atoms with van der Waals surface area (Å²) >= 11 is 0. The predicted molar refractivity (Wildman–Crippen MR) is 317 cm³/mol. The Bertz CT molecular complexity index is 1610. The van der Waals surface area contributed by atoms with E-state index in [0.717, 1.165) is 114 Å². The molecule has 0 rings (SSSR count). The van der Waals surface area contributed by atoms with Gasteiger partial charge in [0.1, 0.15) is 19.3 Å². The summed E-state index contributed by atoms with van der Waals surface area (Å²) in [6.45, 7) is 13.8. The number of carbonyl (C=O) groups is 4. The number of rotatable bonds is 58. The van der Waals surface area contributed by atoms with E-state index in [1.165, 1.54) is 83.5 Å².